The van der Waals surface area contributed by atoms with Crippen molar-refractivity contribution in [2.75, 3.05) is 0 Å². The van der Waals surface area contributed by atoms with Crippen LogP contribution in [-0.2, 0) is 0 Å². The molecule has 0 unspecified atom stereocenters. The molecular weight excluding hydrogens is 130 g/mol. The summed E-state index contributed by atoms with van der Waals surface area (Å²) in [5.74, 6) is 0. The van der Waals surface area contributed by atoms with Gasteiger partial charge in [-0.1, -0.05) is 0 Å². The van der Waals surface area contributed by atoms with Gasteiger partial charge in [-0.2, -0.15) is 0 Å². The zero-order chi connectivity index (χ0) is 4.50. The van der Waals surface area contributed by atoms with E-state index in [1.54, 1.807) is 20.8 Å². The van der Waals surface area contributed by atoms with Crippen molar-refractivity contribution in [1.29, 1.82) is 0 Å². The Bertz CT molecular complexity index is 27.2. The van der Waals surface area contributed by atoms with E-state index in [0.717, 1.165) is 0 Å². The Labute approximate surface area is 98.4 Å². The van der Waals surface area contributed by atoms with Gasteiger partial charge in [0.05, 0.1) is 5.60 Å². The summed E-state index contributed by atoms with van der Waals surface area (Å²) in [6.45, 7) is 5.23. The van der Waals surface area contributed by atoms with E-state index in [9.17, 15) is 0 Å². The molecule has 0 saturated carbocycles. The predicted molar refractivity (Wildman–Crippen MR) is 39.1 cm³/mol. The average molecular weight is 144 g/mol. The molecule has 0 amide bonds. The molecule has 0 bridgehead atoms. The van der Waals surface area contributed by atoms with E-state index in [4.69, 9.17) is 5.11 Å². The molecule has 1 N–H and O–H groups in total. The standard InChI is InChI=1S/C4H10O.Al.K.4H/c1-4(2,3)5;;;;;;/h5H,1-3H3;;;;;;. The molecular formula is C4H14AlKO. The van der Waals surface area contributed by atoms with Crippen LogP contribution in [0.15, 0.2) is 0 Å². The molecule has 0 rings (SSSR count). The zero-order valence-electron chi connectivity index (χ0n) is 3.95. The van der Waals surface area contributed by atoms with E-state index in [0.29, 0.717) is 0 Å². The molecule has 0 aliphatic heterocycles. The second kappa shape index (κ2) is 6.25. The summed E-state index contributed by atoms with van der Waals surface area (Å²) in [6, 6.07) is 0. The van der Waals surface area contributed by atoms with E-state index in [2.05, 4.69) is 0 Å². The molecule has 0 fully saturated rings. The molecule has 0 spiro atoms. The van der Waals surface area contributed by atoms with Crippen LogP contribution in [-0.4, -0.2) is 79.5 Å². The molecule has 0 aliphatic carbocycles. The van der Waals surface area contributed by atoms with Gasteiger partial charge in [0.15, 0.2) is 17.4 Å². The van der Waals surface area contributed by atoms with Crippen LogP contribution in [0.1, 0.15) is 20.8 Å². The van der Waals surface area contributed by atoms with Crippen LogP contribution in [0.4, 0.5) is 0 Å². The van der Waals surface area contributed by atoms with Gasteiger partial charge < -0.3 is 5.11 Å². The summed E-state index contributed by atoms with van der Waals surface area (Å²) >= 11 is 0. The number of aliphatic hydroxyl groups is 1. The summed E-state index contributed by atoms with van der Waals surface area (Å²) in [7, 11) is 0. The summed E-state index contributed by atoms with van der Waals surface area (Å²) in [4.78, 5) is 0. The Balaban J connectivity index is -0.0000000800. The van der Waals surface area contributed by atoms with Crippen molar-refractivity contribution >= 4 is 68.7 Å². The number of hydrogen-bond acceptors (Lipinski definition) is 1. The molecule has 0 aromatic carbocycles. The molecule has 0 atom stereocenters. The van der Waals surface area contributed by atoms with Crippen molar-refractivity contribution in [3.05, 3.63) is 0 Å². The Morgan fingerprint density at radius 3 is 1.14 bits per heavy atom. The van der Waals surface area contributed by atoms with Gasteiger partial charge in [-0.25, -0.2) is 0 Å². The Kier molecular flexibility index (Phi) is 14.3. The second-order valence-corrected chi connectivity index (χ2v) is 2.17. The fourth-order valence-corrected chi connectivity index (χ4v) is 0. The van der Waals surface area contributed by atoms with E-state index >= 15 is 0 Å². The molecule has 0 aliphatic rings. The SMILES string of the molecule is CC(C)(C)O.[AlH3].[KH]. The fourth-order valence-electron chi connectivity index (χ4n) is 0. The maximum atomic E-state index is 8.52. The third-order valence-electron chi connectivity index (χ3n) is 0. The quantitative estimate of drug-likeness (QED) is 0.430. The first-order chi connectivity index (χ1) is 2.00. The van der Waals surface area contributed by atoms with Gasteiger partial charge in [-0.05, 0) is 20.8 Å². The minimum absolute atomic E-state index is 0. The first-order valence-corrected chi connectivity index (χ1v) is 1.72. The van der Waals surface area contributed by atoms with Gasteiger partial charge in [-0.3, -0.25) is 0 Å². The van der Waals surface area contributed by atoms with Gasteiger partial charge in [0.2, 0.25) is 0 Å². The fraction of sp³-hybridized carbons (Fsp3) is 1.00. The normalized spacial score (nSPS) is 8.57. The minimum atomic E-state index is -0.500. The van der Waals surface area contributed by atoms with Crippen LogP contribution in [0, 0.1) is 0 Å². The molecule has 1 nitrogen and oxygen atoms in total. The third kappa shape index (κ3) is 67.4. The molecule has 7 heavy (non-hydrogen) atoms. The summed E-state index contributed by atoms with van der Waals surface area (Å²) in [5.41, 5.74) is -0.500. The Morgan fingerprint density at radius 2 is 1.14 bits per heavy atom. The molecule has 0 aromatic heterocycles. The molecule has 0 heterocycles. The van der Waals surface area contributed by atoms with Crippen LogP contribution in [0.5, 0.6) is 0 Å². The second-order valence-electron chi connectivity index (χ2n) is 2.17. The molecule has 3 heteroatoms. The van der Waals surface area contributed by atoms with Crippen LogP contribution in [0.25, 0.3) is 0 Å². The predicted octanol–water partition coefficient (Wildman–Crippen LogP) is -1.06. The van der Waals surface area contributed by atoms with Gasteiger partial charge in [0.25, 0.3) is 0 Å². The molecule has 0 saturated heterocycles. The van der Waals surface area contributed by atoms with Gasteiger partial charge >= 0.3 is 51.4 Å². The van der Waals surface area contributed by atoms with Crippen molar-refractivity contribution in [3.8, 4) is 0 Å². The van der Waals surface area contributed by atoms with Crippen molar-refractivity contribution in [3.63, 3.8) is 0 Å². The monoisotopic (exact) mass is 144 g/mol. The maximum absolute atomic E-state index is 8.52. The topological polar surface area (TPSA) is 20.2 Å². The number of hydrogen-bond donors (Lipinski definition) is 1. The van der Waals surface area contributed by atoms with E-state index in [-0.39, 0.29) is 68.7 Å². The molecule has 0 radical (unpaired) electrons. The number of rotatable bonds is 0. The third-order valence-corrected chi connectivity index (χ3v) is 0. The first kappa shape index (κ1) is 16.1. The molecule has 0 aromatic rings. The van der Waals surface area contributed by atoms with Gasteiger partial charge in [0, 0.05) is 0 Å². The van der Waals surface area contributed by atoms with Gasteiger partial charge in [-0.15, -0.1) is 0 Å². The van der Waals surface area contributed by atoms with E-state index < -0.39 is 5.60 Å². The van der Waals surface area contributed by atoms with Crippen molar-refractivity contribution in [1.82, 2.24) is 0 Å². The van der Waals surface area contributed by atoms with Crippen molar-refractivity contribution in [2.45, 2.75) is 26.4 Å². The van der Waals surface area contributed by atoms with Crippen LogP contribution < -0.4 is 0 Å². The van der Waals surface area contributed by atoms with Crippen LogP contribution >= 0.6 is 0 Å². The average Bonchev–Trinajstić information content (AvgIpc) is 0.722. The van der Waals surface area contributed by atoms with E-state index in [1.165, 1.54) is 0 Å². The summed E-state index contributed by atoms with van der Waals surface area (Å²) in [6.07, 6.45) is 0. The van der Waals surface area contributed by atoms with Gasteiger partial charge in [0.1, 0.15) is 0 Å². The molecule has 40 valence electrons. The summed E-state index contributed by atoms with van der Waals surface area (Å²) in [5, 5.41) is 8.52. The Morgan fingerprint density at radius 1 is 1.14 bits per heavy atom. The van der Waals surface area contributed by atoms with Crippen molar-refractivity contribution in [2.24, 2.45) is 0 Å². The Hall–Kier alpha value is 2.13. The van der Waals surface area contributed by atoms with Crippen LogP contribution in [0.2, 0.25) is 0 Å². The van der Waals surface area contributed by atoms with Crippen LogP contribution in [0.3, 0.4) is 0 Å². The zero-order valence-corrected chi connectivity index (χ0v) is 3.95. The van der Waals surface area contributed by atoms with Crippen molar-refractivity contribution < 1.29 is 5.11 Å². The summed E-state index contributed by atoms with van der Waals surface area (Å²) < 4.78 is 0. The van der Waals surface area contributed by atoms with E-state index in [1.807, 2.05) is 0 Å². The first-order valence-electron chi connectivity index (χ1n) is 1.72.